The molecule has 7 rings (SSSR count). The molecule has 6 nitrogen and oxygen atoms in total. The summed E-state index contributed by atoms with van der Waals surface area (Å²) in [5, 5.41) is 27.2. The van der Waals surface area contributed by atoms with Crippen LogP contribution in [0.4, 0.5) is 4.79 Å². The lowest BCUT2D eigenvalue weighted by atomic mass is 9.64. The lowest BCUT2D eigenvalue weighted by Gasteiger charge is -2.46. The minimum atomic E-state index is -1.23. The summed E-state index contributed by atoms with van der Waals surface area (Å²) in [7, 11) is 0. The van der Waals surface area contributed by atoms with Gasteiger partial charge in [0.05, 0.1) is 18.2 Å². The fraction of sp³-hybridized carbons (Fsp3) is 0.391. The zero-order valence-corrected chi connectivity index (χ0v) is 31.1. The average molecular weight is 699 g/mol. The van der Waals surface area contributed by atoms with Gasteiger partial charge in [0.2, 0.25) is 0 Å². The predicted molar refractivity (Wildman–Crippen MR) is 209 cm³/mol. The highest BCUT2D eigenvalue weighted by atomic mass is 16.3. The number of hydrogen-bond donors (Lipinski definition) is 3. The van der Waals surface area contributed by atoms with E-state index < -0.39 is 17.1 Å². The molecule has 2 amide bonds. The molecule has 3 aliphatic rings. The molecule has 0 saturated heterocycles. The minimum absolute atomic E-state index is 0.0563. The minimum Gasteiger partial charge on any atom is -0.393 e. The number of nitrogens with one attached hydrogen (secondary N) is 1. The van der Waals surface area contributed by atoms with Gasteiger partial charge in [0, 0.05) is 29.1 Å². The molecule has 0 aliphatic heterocycles. The molecule has 4 aromatic carbocycles. The number of benzene rings is 4. The fourth-order valence-corrected chi connectivity index (χ4v) is 8.55. The van der Waals surface area contributed by atoms with Crippen LogP contribution >= 0.6 is 0 Å². The van der Waals surface area contributed by atoms with Crippen molar-refractivity contribution in [3.63, 3.8) is 0 Å². The second-order valence-corrected chi connectivity index (χ2v) is 15.6. The second-order valence-electron chi connectivity index (χ2n) is 15.6. The van der Waals surface area contributed by atoms with Gasteiger partial charge in [-0.25, -0.2) is 4.79 Å². The van der Waals surface area contributed by atoms with Crippen molar-refractivity contribution in [1.29, 1.82) is 0 Å². The third-order valence-electron chi connectivity index (χ3n) is 11.5. The van der Waals surface area contributed by atoms with E-state index in [0.717, 1.165) is 40.7 Å². The van der Waals surface area contributed by atoms with Crippen LogP contribution < -0.4 is 5.32 Å². The SMILES string of the molecule is CC1=CCCC2(C)C(CCC2(O)CN(Cc2ccccc2)C(=O)NC(C)C)c2ccc(cc2C(=O)c2ccccc2-c2ccccc2)CC(O)CC1. The number of aliphatic hydroxyl groups is 2. The Hall–Kier alpha value is -4.52. The van der Waals surface area contributed by atoms with Crippen LogP contribution in [0.1, 0.15) is 105 Å². The van der Waals surface area contributed by atoms with Gasteiger partial charge in [-0.05, 0) is 106 Å². The number of carbonyl (C=O) groups excluding carboxylic acids is 2. The zero-order valence-electron chi connectivity index (χ0n) is 31.1. The van der Waals surface area contributed by atoms with Crippen LogP contribution in [0, 0.1) is 5.41 Å². The molecule has 6 heteroatoms. The Balaban J connectivity index is 1.46. The van der Waals surface area contributed by atoms with E-state index in [0.29, 0.717) is 49.8 Å². The highest BCUT2D eigenvalue weighted by molar-refractivity contribution is 6.13. The van der Waals surface area contributed by atoms with Crippen molar-refractivity contribution >= 4 is 11.8 Å². The van der Waals surface area contributed by atoms with Crippen molar-refractivity contribution in [2.45, 2.75) is 103 Å². The third kappa shape index (κ3) is 8.09. The van der Waals surface area contributed by atoms with E-state index in [9.17, 15) is 19.8 Å². The number of allylic oxidation sites excluding steroid dienone is 2. The van der Waals surface area contributed by atoms with Crippen molar-refractivity contribution in [2.24, 2.45) is 5.41 Å². The first-order valence-electron chi connectivity index (χ1n) is 18.9. The summed E-state index contributed by atoms with van der Waals surface area (Å²) < 4.78 is 0. The van der Waals surface area contributed by atoms with Gasteiger partial charge in [0.1, 0.15) is 0 Å². The summed E-state index contributed by atoms with van der Waals surface area (Å²) in [6, 6.07) is 33.6. The monoisotopic (exact) mass is 698 g/mol. The average Bonchev–Trinajstić information content (AvgIpc) is 3.39. The van der Waals surface area contributed by atoms with Gasteiger partial charge < -0.3 is 20.4 Å². The first-order chi connectivity index (χ1) is 25.0. The summed E-state index contributed by atoms with van der Waals surface area (Å²) in [4.78, 5) is 30.5. The van der Waals surface area contributed by atoms with E-state index in [1.165, 1.54) is 5.57 Å². The molecular formula is C46H54N2O4. The van der Waals surface area contributed by atoms with Crippen LogP contribution in [0.3, 0.4) is 0 Å². The van der Waals surface area contributed by atoms with Crippen molar-refractivity contribution in [2.75, 3.05) is 6.54 Å². The molecule has 0 aromatic heterocycles. The zero-order chi connectivity index (χ0) is 36.9. The molecule has 0 heterocycles. The molecule has 3 N–H and O–H groups in total. The molecule has 3 aliphatic carbocycles. The molecule has 2 bridgehead atoms. The molecule has 4 atom stereocenters. The number of amides is 2. The number of carbonyl (C=O) groups is 2. The highest BCUT2D eigenvalue weighted by Crippen LogP contribution is 2.59. The van der Waals surface area contributed by atoms with E-state index in [4.69, 9.17) is 0 Å². The number of ketones is 1. The van der Waals surface area contributed by atoms with Gasteiger partial charge in [0.25, 0.3) is 0 Å². The maximum absolute atomic E-state index is 14.9. The number of nitrogens with zero attached hydrogens (tertiary/aromatic N) is 1. The van der Waals surface area contributed by atoms with Crippen LogP contribution in [-0.4, -0.2) is 51.2 Å². The number of hydrogen-bond acceptors (Lipinski definition) is 4. The van der Waals surface area contributed by atoms with Crippen molar-refractivity contribution in [1.82, 2.24) is 10.2 Å². The van der Waals surface area contributed by atoms with Crippen molar-refractivity contribution < 1.29 is 19.8 Å². The van der Waals surface area contributed by atoms with E-state index >= 15 is 0 Å². The van der Waals surface area contributed by atoms with Crippen molar-refractivity contribution in [3.8, 4) is 11.1 Å². The number of fused-ring (bicyclic) bond motifs is 8. The van der Waals surface area contributed by atoms with Crippen LogP contribution in [0.25, 0.3) is 11.1 Å². The van der Waals surface area contributed by atoms with Gasteiger partial charge in [-0.1, -0.05) is 116 Å². The van der Waals surface area contributed by atoms with Crippen LogP contribution in [-0.2, 0) is 13.0 Å². The van der Waals surface area contributed by atoms with Crippen LogP contribution in [0.2, 0.25) is 0 Å². The van der Waals surface area contributed by atoms with Gasteiger partial charge >= 0.3 is 6.03 Å². The summed E-state index contributed by atoms with van der Waals surface area (Å²) in [6.07, 6.45) is 6.17. The maximum atomic E-state index is 14.9. The highest BCUT2D eigenvalue weighted by Gasteiger charge is 2.57. The van der Waals surface area contributed by atoms with E-state index in [-0.39, 0.29) is 30.3 Å². The quantitative estimate of drug-likeness (QED) is 0.126. The lowest BCUT2D eigenvalue weighted by molar-refractivity contribution is -0.0781. The van der Waals surface area contributed by atoms with E-state index in [2.05, 4.69) is 37.4 Å². The van der Waals surface area contributed by atoms with E-state index in [1.54, 1.807) is 4.90 Å². The Labute approximate surface area is 309 Å². The van der Waals surface area contributed by atoms with Crippen LogP contribution in [0.15, 0.2) is 115 Å². The Morgan fingerprint density at radius 1 is 0.885 bits per heavy atom. The molecule has 1 saturated carbocycles. The molecule has 0 spiro atoms. The largest absolute Gasteiger partial charge is 0.393 e. The Kier molecular flexibility index (Phi) is 11.5. The number of urea groups is 1. The topological polar surface area (TPSA) is 89.9 Å². The Morgan fingerprint density at radius 3 is 2.31 bits per heavy atom. The van der Waals surface area contributed by atoms with Crippen molar-refractivity contribution in [3.05, 3.63) is 143 Å². The molecule has 272 valence electrons. The molecule has 52 heavy (non-hydrogen) atoms. The first kappa shape index (κ1) is 37.2. The normalized spacial score (nSPS) is 23.4. The molecular weight excluding hydrogens is 645 g/mol. The fourth-order valence-electron chi connectivity index (χ4n) is 8.55. The molecule has 0 radical (unpaired) electrons. The lowest BCUT2D eigenvalue weighted by Crippen LogP contribution is -2.55. The first-order valence-corrected chi connectivity index (χ1v) is 18.9. The van der Waals surface area contributed by atoms with Crippen LogP contribution in [0.5, 0.6) is 0 Å². The van der Waals surface area contributed by atoms with Gasteiger partial charge in [-0.2, -0.15) is 0 Å². The van der Waals surface area contributed by atoms with E-state index in [1.807, 2.05) is 105 Å². The van der Waals surface area contributed by atoms with Gasteiger partial charge in [-0.3, -0.25) is 4.79 Å². The molecule has 1 fully saturated rings. The summed E-state index contributed by atoms with van der Waals surface area (Å²) in [5.74, 6) is -0.212. The maximum Gasteiger partial charge on any atom is 0.317 e. The molecule has 4 aromatic rings. The third-order valence-corrected chi connectivity index (χ3v) is 11.5. The Morgan fingerprint density at radius 2 is 1.58 bits per heavy atom. The Bertz CT molecular complexity index is 1890. The van der Waals surface area contributed by atoms with Gasteiger partial charge in [0.15, 0.2) is 5.78 Å². The summed E-state index contributed by atoms with van der Waals surface area (Å²) in [6.45, 7) is 8.73. The number of rotatable bonds is 8. The second kappa shape index (κ2) is 16.0. The number of aliphatic hydroxyl groups excluding tert-OH is 1. The van der Waals surface area contributed by atoms with Gasteiger partial charge in [-0.15, -0.1) is 0 Å². The predicted octanol–water partition coefficient (Wildman–Crippen LogP) is 9.24. The summed E-state index contributed by atoms with van der Waals surface area (Å²) >= 11 is 0. The summed E-state index contributed by atoms with van der Waals surface area (Å²) in [5.41, 5.74) is 5.26. The smallest absolute Gasteiger partial charge is 0.317 e. The standard InChI is InChI=1S/C46H54N2O4/c1-32(2)47-44(51)48(30-34-15-7-5-8-16-34)31-46(52)27-25-42-39-24-22-35(28-37(49)23-21-33(3)14-13-26-45(42,46)4)29-41(39)43(50)40-20-12-11-19-38(40)36-17-9-6-10-18-36/h5-12,14-20,22,24,29,32,37,42,49,52H,13,21,23,25-28,30-31H2,1-4H3,(H,47,51). The molecule has 4 unspecified atom stereocenters.